The van der Waals surface area contributed by atoms with Crippen LogP contribution in [0.2, 0.25) is 0 Å². The van der Waals surface area contributed by atoms with Crippen molar-refractivity contribution in [2.45, 2.75) is 26.4 Å². The topological polar surface area (TPSA) is 64.8 Å². The number of nitrogens with one attached hydrogen (secondary N) is 2. The second kappa shape index (κ2) is 6.48. The molecule has 0 atom stereocenters. The van der Waals surface area contributed by atoms with E-state index in [1.165, 1.54) is 22.2 Å². The van der Waals surface area contributed by atoms with Gasteiger partial charge in [0.15, 0.2) is 5.82 Å². The van der Waals surface area contributed by atoms with E-state index in [1.807, 2.05) is 17.5 Å². The highest BCUT2D eigenvalue weighted by Crippen LogP contribution is 2.26. The van der Waals surface area contributed by atoms with Crippen LogP contribution in [0.25, 0.3) is 21.6 Å². The van der Waals surface area contributed by atoms with E-state index in [9.17, 15) is 4.79 Å². The zero-order valence-corrected chi connectivity index (χ0v) is 15.9. The van der Waals surface area contributed by atoms with Gasteiger partial charge >= 0.3 is 0 Å². The largest absolute Gasteiger partial charge is 0.358 e. The summed E-state index contributed by atoms with van der Waals surface area (Å²) in [6.07, 6.45) is 0.740. The van der Waals surface area contributed by atoms with E-state index in [0.717, 1.165) is 35.6 Å². The highest BCUT2D eigenvalue weighted by Gasteiger charge is 2.23. The molecule has 1 aliphatic rings. The van der Waals surface area contributed by atoms with E-state index in [-0.39, 0.29) is 5.56 Å². The van der Waals surface area contributed by atoms with Crippen molar-refractivity contribution in [3.8, 4) is 10.7 Å². The lowest BCUT2D eigenvalue weighted by atomic mass is 10.0. The molecule has 0 radical (unpaired) electrons. The predicted molar refractivity (Wildman–Crippen MR) is 109 cm³/mol. The van der Waals surface area contributed by atoms with Gasteiger partial charge in [-0.15, -0.1) is 11.3 Å². The Balaban J connectivity index is 1.47. The van der Waals surface area contributed by atoms with E-state index in [0.29, 0.717) is 12.4 Å². The molecule has 4 aromatic rings. The Labute approximate surface area is 160 Å². The molecule has 0 unspecified atom stereocenters. The van der Waals surface area contributed by atoms with Gasteiger partial charge in [-0.1, -0.05) is 24.3 Å². The quantitative estimate of drug-likeness (QED) is 0.571. The Morgan fingerprint density at radius 1 is 1.19 bits per heavy atom. The molecule has 0 fully saturated rings. The number of aromatic nitrogens is 3. The number of H-pyrrole nitrogens is 2. The van der Waals surface area contributed by atoms with Crippen molar-refractivity contribution in [3.63, 3.8) is 0 Å². The second-order valence-corrected chi connectivity index (χ2v) is 8.00. The summed E-state index contributed by atoms with van der Waals surface area (Å²) in [6.45, 7) is 4.56. The lowest BCUT2D eigenvalue weighted by Gasteiger charge is -2.27. The SMILES string of the molecule is Cc1[nH]c2ccccc2c1CN1CCc2c(nc(-c3cccs3)[nH]c2=O)C1. The normalized spacial score (nSPS) is 14.6. The van der Waals surface area contributed by atoms with Gasteiger partial charge in [0.05, 0.1) is 10.6 Å². The number of para-hydroxylation sites is 1. The minimum Gasteiger partial charge on any atom is -0.358 e. The maximum atomic E-state index is 12.5. The van der Waals surface area contributed by atoms with Gasteiger partial charge in [0.2, 0.25) is 0 Å². The molecule has 0 aliphatic carbocycles. The number of benzene rings is 1. The highest BCUT2D eigenvalue weighted by molar-refractivity contribution is 7.13. The summed E-state index contributed by atoms with van der Waals surface area (Å²) >= 11 is 1.59. The molecular weight excluding hydrogens is 356 g/mol. The molecule has 1 aromatic carbocycles. The minimum absolute atomic E-state index is 0.00586. The first kappa shape index (κ1) is 16.5. The van der Waals surface area contributed by atoms with Crippen molar-refractivity contribution in [2.24, 2.45) is 0 Å². The number of nitrogens with zero attached hydrogens (tertiary/aromatic N) is 2. The van der Waals surface area contributed by atoms with Gasteiger partial charge in [-0.25, -0.2) is 4.98 Å². The molecular formula is C21H20N4OS. The van der Waals surface area contributed by atoms with Crippen molar-refractivity contribution in [1.82, 2.24) is 19.9 Å². The monoisotopic (exact) mass is 376 g/mol. The average molecular weight is 376 g/mol. The summed E-state index contributed by atoms with van der Waals surface area (Å²) in [5, 5.41) is 3.28. The first-order valence-corrected chi connectivity index (χ1v) is 10.0. The summed E-state index contributed by atoms with van der Waals surface area (Å²) < 4.78 is 0. The van der Waals surface area contributed by atoms with Crippen molar-refractivity contribution in [2.75, 3.05) is 6.54 Å². The number of aromatic amines is 2. The molecule has 5 rings (SSSR count). The molecule has 6 heteroatoms. The Morgan fingerprint density at radius 2 is 2.07 bits per heavy atom. The molecule has 2 N–H and O–H groups in total. The molecule has 0 saturated heterocycles. The van der Waals surface area contributed by atoms with Crippen LogP contribution in [0.1, 0.15) is 22.5 Å². The van der Waals surface area contributed by atoms with E-state index in [4.69, 9.17) is 4.98 Å². The van der Waals surface area contributed by atoms with E-state index in [2.05, 4.69) is 46.1 Å². The third-order valence-corrected chi connectivity index (χ3v) is 6.19. The molecule has 0 bridgehead atoms. The smallest absolute Gasteiger partial charge is 0.254 e. The predicted octanol–water partition coefficient (Wildman–Crippen LogP) is 3.85. The van der Waals surface area contributed by atoms with Gasteiger partial charge in [0, 0.05) is 41.8 Å². The minimum atomic E-state index is 0.00586. The van der Waals surface area contributed by atoms with Gasteiger partial charge in [-0.3, -0.25) is 9.69 Å². The van der Waals surface area contributed by atoms with Gasteiger partial charge in [-0.2, -0.15) is 0 Å². The van der Waals surface area contributed by atoms with E-state index >= 15 is 0 Å². The fraction of sp³-hybridized carbons (Fsp3) is 0.238. The van der Waals surface area contributed by atoms with Crippen molar-refractivity contribution < 1.29 is 0 Å². The third-order valence-electron chi connectivity index (χ3n) is 5.32. The van der Waals surface area contributed by atoms with Crippen molar-refractivity contribution in [3.05, 3.63) is 74.6 Å². The lowest BCUT2D eigenvalue weighted by Crippen LogP contribution is -2.35. The van der Waals surface area contributed by atoms with E-state index < -0.39 is 0 Å². The van der Waals surface area contributed by atoms with Crippen LogP contribution in [0.15, 0.2) is 46.6 Å². The second-order valence-electron chi connectivity index (χ2n) is 7.05. The molecule has 0 spiro atoms. The Kier molecular flexibility index (Phi) is 3.95. The first-order valence-electron chi connectivity index (χ1n) is 9.13. The summed E-state index contributed by atoms with van der Waals surface area (Å²) in [4.78, 5) is 27.1. The van der Waals surface area contributed by atoms with E-state index in [1.54, 1.807) is 11.3 Å². The third kappa shape index (κ3) is 2.91. The fourth-order valence-electron chi connectivity index (χ4n) is 3.92. The van der Waals surface area contributed by atoms with Crippen LogP contribution < -0.4 is 5.56 Å². The molecule has 1 aliphatic heterocycles. The molecule has 0 saturated carbocycles. The van der Waals surface area contributed by atoms with Crippen LogP contribution in [0.4, 0.5) is 0 Å². The maximum Gasteiger partial charge on any atom is 0.254 e. The van der Waals surface area contributed by atoms with Crippen LogP contribution in [-0.4, -0.2) is 26.4 Å². The van der Waals surface area contributed by atoms with Crippen LogP contribution in [0.5, 0.6) is 0 Å². The Bertz CT molecular complexity index is 1170. The maximum absolute atomic E-state index is 12.5. The van der Waals surface area contributed by atoms with Gasteiger partial charge in [0.25, 0.3) is 5.56 Å². The lowest BCUT2D eigenvalue weighted by molar-refractivity contribution is 0.241. The first-order chi connectivity index (χ1) is 13.2. The molecule has 0 amide bonds. The Hall–Kier alpha value is -2.70. The molecule has 27 heavy (non-hydrogen) atoms. The number of fused-ring (bicyclic) bond motifs is 2. The molecule has 3 aromatic heterocycles. The van der Waals surface area contributed by atoms with Gasteiger partial charge in [-0.05, 0) is 36.4 Å². The zero-order chi connectivity index (χ0) is 18.4. The van der Waals surface area contributed by atoms with Crippen molar-refractivity contribution >= 4 is 22.2 Å². The average Bonchev–Trinajstić information content (AvgIpc) is 3.30. The number of rotatable bonds is 3. The van der Waals surface area contributed by atoms with Crippen molar-refractivity contribution in [1.29, 1.82) is 0 Å². The summed E-state index contributed by atoms with van der Waals surface area (Å²) in [6, 6.07) is 12.4. The molecule has 136 valence electrons. The van der Waals surface area contributed by atoms with Crippen LogP contribution in [0.3, 0.4) is 0 Å². The summed E-state index contributed by atoms with van der Waals surface area (Å²) in [5.41, 5.74) is 5.47. The van der Waals surface area contributed by atoms with Gasteiger partial charge in [0.1, 0.15) is 0 Å². The van der Waals surface area contributed by atoms with Crippen LogP contribution >= 0.6 is 11.3 Å². The Morgan fingerprint density at radius 3 is 2.93 bits per heavy atom. The summed E-state index contributed by atoms with van der Waals surface area (Å²) in [7, 11) is 0. The summed E-state index contributed by atoms with van der Waals surface area (Å²) in [5.74, 6) is 0.680. The zero-order valence-electron chi connectivity index (χ0n) is 15.1. The van der Waals surface area contributed by atoms with Crippen LogP contribution in [0, 0.1) is 6.92 Å². The number of aryl methyl sites for hydroxylation is 1. The molecule has 5 nitrogen and oxygen atoms in total. The number of hydrogen-bond donors (Lipinski definition) is 2. The highest BCUT2D eigenvalue weighted by atomic mass is 32.1. The van der Waals surface area contributed by atoms with Crippen LogP contribution in [-0.2, 0) is 19.5 Å². The fourth-order valence-corrected chi connectivity index (χ4v) is 4.59. The standard InChI is InChI=1S/C21H20N4OS/c1-13-16(14-5-2-3-6-17(14)22-13)11-25-9-8-15-18(12-25)23-20(24-21(15)26)19-7-4-10-27-19/h2-7,10,22H,8-9,11-12H2,1H3,(H,23,24,26). The number of thiophene rings is 1. The van der Waals surface area contributed by atoms with Gasteiger partial charge < -0.3 is 9.97 Å². The number of hydrogen-bond acceptors (Lipinski definition) is 4. The molecule has 4 heterocycles.